The third-order valence-corrected chi connectivity index (χ3v) is 2.76. The molecule has 0 fully saturated rings. The van der Waals surface area contributed by atoms with Gasteiger partial charge in [-0.25, -0.2) is 4.79 Å². The molecule has 0 radical (unpaired) electrons. The molecule has 0 aromatic heterocycles. The monoisotopic (exact) mass is 303 g/mol. The molecule has 1 rings (SSSR count). The molecule has 0 spiro atoms. The molecule has 4 nitrogen and oxygen atoms in total. The summed E-state index contributed by atoms with van der Waals surface area (Å²) in [6.07, 6.45) is -4.36. The molecule has 1 atom stereocenters. The number of benzene rings is 1. The van der Waals surface area contributed by atoms with Crippen molar-refractivity contribution in [2.75, 3.05) is 0 Å². The lowest BCUT2D eigenvalue weighted by molar-refractivity contribution is -0.140. The van der Waals surface area contributed by atoms with Gasteiger partial charge in [-0.05, 0) is 30.5 Å². The zero-order valence-corrected chi connectivity index (χ0v) is 11.6. The van der Waals surface area contributed by atoms with E-state index in [1.54, 1.807) is 13.8 Å². The highest BCUT2D eigenvalue weighted by Crippen LogP contribution is 2.29. The van der Waals surface area contributed by atoms with Crippen LogP contribution in [0, 0.1) is 5.92 Å². The molecule has 1 unspecified atom stereocenters. The van der Waals surface area contributed by atoms with Gasteiger partial charge in [-0.3, -0.25) is 4.79 Å². The van der Waals surface area contributed by atoms with Crippen LogP contribution in [-0.4, -0.2) is 23.0 Å². The van der Waals surface area contributed by atoms with E-state index in [1.165, 1.54) is 6.07 Å². The Morgan fingerprint density at radius 3 is 2.38 bits per heavy atom. The molecule has 0 aliphatic rings. The number of rotatable bonds is 5. The molecule has 1 aromatic rings. The summed E-state index contributed by atoms with van der Waals surface area (Å²) in [4.78, 5) is 22.9. The van der Waals surface area contributed by atoms with Gasteiger partial charge in [-0.15, -0.1) is 0 Å². The third-order valence-electron chi connectivity index (χ3n) is 2.76. The molecule has 21 heavy (non-hydrogen) atoms. The van der Waals surface area contributed by atoms with Gasteiger partial charge in [-0.1, -0.05) is 19.9 Å². The van der Waals surface area contributed by atoms with E-state index < -0.39 is 29.7 Å². The number of hydrogen-bond acceptors (Lipinski definition) is 2. The van der Waals surface area contributed by atoms with Crippen LogP contribution in [0.4, 0.5) is 13.2 Å². The Morgan fingerprint density at radius 2 is 1.90 bits per heavy atom. The molecule has 116 valence electrons. The summed E-state index contributed by atoms with van der Waals surface area (Å²) in [5.41, 5.74) is -1.18. The van der Waals surface area contributed by atoms with Crippen molar-refractivity contribution in [2.24, 2.45) is 5.92 Å². The van der Waals surface area contributed by atoms with Crippen molar-refractivity contribution in [1.29, 1.82) is 0 Å². The first-order valence-electron chi connectivity index (χ1n) is 6.32. The summed E-state index contributed by atoms with van der Waals surface area (Å²) in [6, 6.07) is 2.73. The number of carbonyl (C=O) groups is 2. The SMILES string of the molecule is CC(C)CC(NC(=O)c1cccc(C(F)(F)F)c1)C(=O)O. The van der Waals surface area contributed by atoms with Gasteiger partial charge in [0.15, 0.2) is 0 Å². The van der Waals surface area contributed by atoms with E-state index in [4.69, 9.17) is 5.11 Å². The average molecular weight is 303 g/mol. The fourth-order valence-corrected chi connectivity index (χ4v) is 1.77. The molecule has 0 saturated heterocycles. The number of alkyl halides is 3. The van der Waals surface area contributed by atoms with Crippen molar-refractivity contribution < 1.29 is 27.9 Å². The summed E-state index contributed by atoms with van der Waals surface area (Å²) >= 11 is 0. The predicted molar refractivity (Wildman–Crippen MR) is 69.8 cm³/mol. The van der Waals surface area contributed by atoms with Crippen LogP contribution in [0.15, 0.2) is 24.3 Å². The molecule has 0 bridgehead atoms. The van der Waals surface area contributed by atoms with Gasteiger partial charge in [0.1, 0.15) is 6.04 Å². The quantitative estimate of drug-likeness (QED) is 0.879. The van der Waals surface area contributed by atoms with Gasteiger partial charge in [0.25, 0.3) is 5.91 Å². The lowest BCUT2D eigenvalue weighted by atomic mass is 10.0. The summed E-state index contributed by atoms with van der Waals surface area (Å²) in [6.45, 7) is 3.57. The molecule has 2 N–H and O–H groups in total. The van der Waals surface area contributed by atoms with Crippen LogP contribution in [-0.2, 0) is 11.0 Å². The second kappa shape index (κ2) is 6.60. The number of hydrogen-bond donors (Lipinski definition) is 2. The number of carboxylic acid groups (broad SMARTS) is 1. The van der Waals surface area contributed by atoms with Crippen LogP contribution >= 0.6 is 0 Å². The standard InChI is InChI=1S/C14H16F3NO3/c1-8(2)6-11(13(20)21)18-12(19)9-4-3-5-10(7-9)14(15,16)17/h3-5,7-8,11H,6H2,1-2H3,(H,18,19)(H,20,21). The van der Waals surface area contributed by atoms with Crippen LogP contribution in [0.25, 0.3) is 0 Å². The van der Waals surface area contributed by atoms with Crippen LogP contribution in [0.5, 0.6) is 0 Å². The molecular formula is C14H16F3NO3. The zero-order valence-electron chi connectivity index (χ0n) is 11.6. The van der Waals surface area contributed by atoms with Crippen LogP contribution in [0.3, 0.4) is 0 Å². The lowest BCUT2D eigenvalue weighted by Crippen LogP contribution is -2.41. The Bertz CT molecular complexity index is 526. The first-order valence-corrected chi connectivity index (χ1v) is 6.32. The highest BCUT2D eigenvalue weighted by Gasteiger charge is 2.31. The lowest BCUT2D eigenvalue weighted by Gasteiger charge is -2.17. The number of carbonyl (C=O) groups excluding carboxylic acids is 1. The Kier molecular flexibility index (Phi) is 5.34. The Hall–Kier alpha value is -2.05. The van der Waals surface area contributed by atoms with Crippen molar-refractivity contribution in [3.05, 3.63) is 35.4 Å². The molecule has 7 heteroatoms. The molecular weight excluding hydrogens is 287 g/mol. The van der Waals surface area contributed by atoms with E-state index in [0.717, 1.165) is 12.1 Å². The smallest absolute Gasteiger partial charge is 0.416 e. The van der Waals surface area contributed by atoms with Gasteiger partial charge in [0.2, 0.25) is 0 Å². The Labute approximate surface area is 120 Å². The molecule has 0 aliphatic carbocycles. The van der Waals surface area contributed by atoms with E-state index in [-0.39, 0.29) is 17.9 Å². The van der Waals surface area contributed by atoms with E-state index >= 15 is 0 Å². The molecule has 1 aromatic carbocycles. The van der Waals surface area contributed by atoms with Crippen molar-refractivity contribution >= 4 is 11.9 Å². The van der Waals surface area contributed by atoms with E-state index in [2.05, 4.69) is 5.32 Å². The Morgan fingerprint density at radius 1 is 1.29 bits per heavy atom. The molecule has 0 heterocycles. The highest BCUT2D eigenvalue weighted by atomic mass is 19.4. The third kappa shape index (κ3) is 5.09. The first-order chi connectivity index (χ1) is 9.61. The minimum Gasteiger partial charge on any atom is -0.480 e. The number of nitrogens with one attached hydrogen (secondary N) is 1. The maximum absolute atomic E-state index is 12.6. The number of aliphatic carboxylic acids is 1. The van der Waals surface area contributed by atoms with Gasteiger partial charge in [-0.2, -0.15) is 13.2 Å². The molecule has 1 amide bonds. The minimum atomic E-state index is -4.56. The second-order valence-electron chi connectivity index (χ2n) is 5.07. The van der Waals surface area contributed by atoms with E-state index in [0.29, 0.717) is 6.07 Å². The van der Waals surface area contributed by atoms with Crippen LogP contribution in [0.2, 0.25) is 0 Å². The summed E-state index contributed by atoms with van der Waals surface area (Å²) in [5, 5.41) is 11.2. The predicted octanol–water partition coefficient (Wildman–Crippen LogP) is 2.93. The van der Waals surface area contributed by atoms with Gasteiger partial charge in [0, 0.05) is 5.56 Å². The van der Waals surface area contributed by atoms with Crippen molar-refractivity contribution in [3.63, 3.8) is 0 Å². The fraction of sp³-hybridized carbons (Fsp3) is 0.429. The van der Waals surface area contributed by atoms with Crippen molar-refractivity contribution in [3.8, 4) is 0 Å². The minimum absolute atomic E-state index is 0.0212. The number of halogens is 3. The van der Waals surface area contributed by atoms with E-state index in [9.17, 15) is 22.8 Å². The van der Waals surface area contributed by atoms with Crippen molar-refractivity contribution in [2.45, 2.75) is 32.5 Å². The van der Waals surface area contributed by atoms with E-state index in [1.807, 2.05) is 0 Å². The zero-order chi connectivity index (χ0) is 16.2. The van der Waals surface area contributed by atoms with Gasteiger partial charge < -0.3 is 10.4 Å². The normalized spacial score (nSPS) is 13.0. The largest absolute Gasteiger partial charge is 0.480 e. The topological polar surface area (TPSA) is 66.4 Å². The summed E-state index contributed by atoms with van der Waals surface area (Å²) in [5.74, 6) is -2.04. The Balaban J connectivity index is 2.90. The van der Waals surface area contributed by atoms with Gasteiger partial charge in [0.05, 0.1) is 5.56 Å². The maximum atomic E-state index is 12.6. The summed E-state index contributed by atoms with van der Waals surface area (Å²) < 4.78 is 37.7. The molecule has 0 saturated carbocycles. The van der Waals surface area contributed by atoms with Gasteiger partial charge >= 0.3 is 12.1 Å². The van der Waals surface area contributed by atoms with Crippen molar-refractivity contribution in [1.82, 2.24) is 5.32 Å². The second-order valence-corrected chi connectivity index (χ2v) is 5.07. The number of amides is 1. The highest BCUT2D eigenvalue weighted by molar-refractivity contribution is 5.96. The fourth-order valence-electron chi connectivity index (χ4n) is 1.77. The first kappa shape index (κ1) is 17.0. The maximum Gasteiger partial charge on any atom is 0.416 e. The average Bonchev–Trinajstić information content (AvgIpc) is 2.36. The molecule has 0 aliphatic heterocycles. The number of carboxylic acids is 1. The van der Waals surface area contributed by atoms with Crippen LogP contribution < -0.4 is 5.32 Å². The van der Waals surface area contributed by atoms with Crippen LogP contribution in [0.1, 0.15) is 36.2 Å². The summed E-state index contributed by atoms with van der Waals surface area (Å²) in [7, 11) is 0.